The minimum Gasteiger partial charge on any atom is -0.329 e. The van der Waals surface area contributed by atoms with Crippen LogP contribution in [0.25, 0.3) is 0 Å². The van der Waals surface area contributed by atoms with Crippen molar-refractivity contribution in [1.82, 2.24) is 4.31 Å². The van der Waals surface area contributed by atoms with Crippen molar-refractivity contribution in [2.24, 2.45) is 5.73 Å². The number of piperidine rings is 1. The van der Waals surface area contributed by atoms with Crippen molar-refractivity contribution in [3.63, 3.8) is 0 Å². The predicted octanol–water partition coefficient (Wildman–Crippen LogP) is 2.26. The van der Waals surface area contributed by atoms with E-state index in [-0.39, 0.29) is 6.04 Å². The van der Waals surface area contributed by atoms with Crippen LogP contribution < -0.4 is 5.73 Å². The Hall–Kier alpha value is -0.430. The van der Waals surface area contributed by atoms with E-state index in [2.05, 4.69) is 15.9 Å². The number of rotatable bonds is 3. The molecule has 0 spiro atoms. The van der Waals surface area contributed by atoms with Crippen LogP contribution >= 0.6 is 15.9 Å². The summed E-state index contributed by atoms with van der Waals surface area (Å²) in [6, 6.07) is 5.19. The standard InChI is InChI=1S/C13H19BrN2O2S/c1-10-8-11(14)5-6-13(10)19(17,18)16-7-3-2-4-12(16)9-15/h5-6,8,12H,2-4,7,9,15H2,1H3. The van der Waals surface area contributed by atoms with Crippen LogP contribution in [0.3, 0.4) is 0 Å². The first-order valence-corrected chi connectivity index (χ1v) is 8.68. The van der Waals surface area contributed by atoms with Crippen LogP contribution in [0.1, 0.15) is 24.8 Å². The number of nitrogens with zero attached hydrogens (tertiary/aromatic N) is 1. The predicted molar refractivity (Wildman–Crippen MR) is 79.5 cm³/mol. The fourth-order valence-electron chi connectivity index (χ4n) is 2.55. The molecule has 0 radical (unpaired) electrons. The molecule has 0 bridgehead atoms. The van der Waals surface area contributed by atoms with Gasteiger partial charge in [-0.1, -0.05) is 22.4 Å². The van der Waals surface area contributed by atoms with Crippen LogP contribution in [0, 0.1) is 6.92 Å². The fraction of sp³-hybridized carbons (Fsp3) is 0.538. The lowest BCUT2D eigenvalue weighted by molar-refractivity contribution is 0.257. The number of halogens is 1. The summed E-state index contributed by atoms with van der Waals surface area (Å²) in [6.45, 7) is 2.77. The molecule has 0 amide bonds. The van der Waals surface area contributed by atoms with Crippen molar-refractivity contribution in [3.05, 3.63) is 28.2 Å². The van der Waals surface area contributed by atoms with Gasteiger partial charge < -0.3 is 5.73 Å². The van der Waals surface area contributed by atoms with Crippen LogP contribution in [-0.4, -0.2) is 31.9 Å². The van der Waals surface area contributed by atoms with Gasteiger partial charge in [0.1, 0.15) is 0 Å². The maximum absolute atomic E-state index is 12.7. The first-order valence-electron chi connectivity index (χ1n) is 6.45. The van der Waals surface area contributed by atoms with E-state index in [4.69, 9.17) is 5.73 Å². The number of nitrogens with two attached hydrogens (primary N) is 1. The Morgan fingerprint density at radius 3 is 2.79 bits per heavy atom. The second-order valence-corrected chi connectivity index (χ2v) is 7.69. The summed E-state index contributed by atoms with van der Waals surface area (Å²) in [7, 11) is -3.44. The Balaban J connectivity index is 2.40. The summed E-state index contributed by atoms with van der Waals surface area (Å²) in [5.74, 6) is 0. The smallest absolute Gasteiger partial charge is 0.243 e. The molecule has 1 aromatic rings. The normalized spacial score (nSPS) is 21.5. The molecule has 1 unspecified atom stereocenters. The van der Waals surface area contributed by atoms with Gasteiger partial charge in [-0.25, -0.2) is 8.42 Å². The number of hydrogen-bond donors (Lipinski definition) is 1. The van der Waals surface area contributed by atoms with E-state index in [1.54, 1.807) is 16.4 Å². The second kappa shape index (κ2) is 5.91. The number of benzene rings is 1. The third-order valence-electron chi connectivity index (χ3n) is 3.57. The van der Waals surface area contributed by atoms with Crippen molar-refractivity contribution in [3.8, 4) is 0 Å². The van der Waals surface area contributed by atoms with Gasteiger partial charge in [0.2, 0.25) is 10.0 Å². The lowest BCUT2D eigenvalue weighted by Crippen LogP contribution is -2.47. The van der Waals surface area contributed by atoms with E-state index in [1.165, 1.54) is 0 Å². The molecule has 2 rings (SSSR count). The van der Waals surface area contributed by atoms with E-state index < -0.39 is 10.0 Å². The number of aryl methyl sites for hydroxylation is 1. The molecule has 1 saturated heterocycles. The van der Waals surface area contributed by atoms with E-state index >= 15 is 0 Å². The molecule has 106 valence electrons. The van der Waals surface area contributed by atoms with E-state index in [1.807, 2.05) is 13.0 Å². The summed E-state index contributed by atoms with van der Waals surface area (Å²) in [5, 5.41) is 0. The van der Waals surface area contributed by atoms with Crippen LogP contribution in [0.5, 0.6) is 0 Å². The lowest BCUT2D eigenvalue weighted by atomic mass is 10.1. The zero-order valence-electron chi connectivity index (χ0n) is 11.0. The van der Waals surface area contributed by atoms with Crippen molar-refractivity contribution in [2.75, 3.05) is 13.1 Å². The van der Waals surface area contributed by atoms with Crippen LogP contribution in [-0.2, 0) is 10.0 Å². The summed E-state index contributed by atoms with van der Waals surface area (Å²) in [4.78, 5) is 0.385. The minimum absolute atomic E-state index is 0.0678. The average Bonchev–Trinajstić information content (AvgIpc) is 2.38. The van der Waals surface area contributed by atoms with E-state index in [0.717, 1.165) is 29.3 Å². The first-order chi connectivity index (χ1) is 8.96. The highest BCUT2D eigenvalue weighted by atomic mass is 79.9. The van der Waals surface area contributed by atoms with Gasteiger partial charge in [-0.2, -0.15) is 4.31 Å². The molecule has 6 heteroatoms. The largest absolute Gasteiger partial charge is 0.329 e. The van der Waals surface area contributed by atoms with Crippen molar-refractivity contribution < 1.29 is 8.42 Å². The molecule has 1 aliphatic rings. The Labute approximate surface area is 123 Å². The molecule has 1 fully saturated rings. The van der Waals surface area contributed by atoms with Crippen LogP contribution in [0.15, 0.2) is 27.6 Å². The number of sulfonamides is 1. The fourth-order valence-corrected chi connectivity index (χ4v) is 4.94. The average molecular weight is 347 g/mol. The Kier molecular flexibility index (Phi) is 4.66. The van der Waals surface area contributed by atoms with Gasteiger partial charge in [0, 0.05) is 23.6 Å². The maximum Gasteiger partial charge on any atom is 0.243 e. The van der Waals surface area contributed by atoms with Crippen molar-refractivity contribution >= 4 is 26.0 Å². The van der Waals surface area contributed by atoms with Crippen LogP contribution in [0.4, 0.5) is 0 Å². The van der Waals surface area contributed by atoms with Crippen molar-refractivity contribution in [2.45, 2.75) is 37.1 Å². The highest BCUT2D eigenvalue weighted by molar-refractivity contribution is 9.10. The van der Waals surface area contributed by atoms with Gasteiger partial charge in [-0.05, 0) is 43.5 Å². The first kappa shape index (κ1) is 15.0. The van der Waals surface area contributed by atoms with Crippen LogP contribution in [0.2, 0.25) is 0 Å². The Morgan fingerprint density at radius 2 is 2.16 bits per heavy atom. The van der Waals surface area contributed by atoms with Gasteiger partial charge in [0.25, 0.3) is 0 Å². The molecule has 2 N–H and O–H groups in total. The zero-order chi connectivity index (χ0) is 14.0. The topological polar surface area (TPSA) is 63.4 Å². The zero-order valence-corrected chi connectivity index (χ0v) is 13.4. The van der Waals surface area contributed by atoms with E-state index in [0.29, 0.717) is 18.0 Å². The molecular weight excluding hydrogens is 328 g/mol. The van der Waals surface area contributed by atoms with Gasteiger partial charge in [0.15, 0.2) is 0 Å². The molecule has 1 heterocycles. The van der Waals surface area contributed by atoms with Gasteiger partial charge >= 0.3 is 0 Å². The van der Waals surface area contributed by atoms with Crippen molar-refractivity contribution in [1.29, 1.82) is 0 Å². The van der Waals surface area contributed by atoms with Gasteiger partial charge in [-0.15, -0.1) is 0 Å². The third kappa shape index (κ3) is 3.02. The summed E-state index contributed by atoms with van der Waals surface area (Å²) >= 11 is 3.36. The molecule has 0 saturated carbocycles. The lowest BCUT2D eigenvalue weighted by Gasteiger charge is -2.34. The molecule has 0 aliphatic carbocycles. The molecule has 1 atom stereocenters. The third-order valence-corrected chi connectivity index (χ3v) is 6.17. The Bertz CT molecular complexity index is 560. The maximum atomic E-state index is 12.7. The highest BCUT2D eigenvalue weighted by Gasteiger charge is 2.33. The van der Waals surface area contributed by atoms with E-state index in [9.17, 15) is 8.42 Å². The number of hydrogen-bond acceptors (Lipinski definition) is 3. The van der Waals surface area contributed by atoms with Gasteiger partial charge in [-0.3, -0.25) is 0 Å². The minimum atomic E-state index is -3.44. The quantitative estimate of drug-likeness (QED) is 0.912. The molecule has 1 aliphatic heterocycles. The molecular formula is C13H19BrN2O2S. The molecule has 4 nitrogen and oxygen atoms in total. The Morgan fingerprint density at radius 1 is 1.42 bits per heavy atom. The molecule has 1 aromatic carbocycles. The molecule has 19 heavy (non-hydrogen) atoms. The summed E-state index contributed by atoms with van der Waals surface area (Å²) in [6.07, 6.45) is 2.81. The summed E-state index contributed by atoms with van der Waals surface area (Å²) < 4.78 is 28.0. The SMILES string of the molecule is Cc1cc(Br)ccc1S(=O)(=O)N1CCCCC1CN. The second-order valence-electron chi connectivity index (χ2n) is 4.91. The van der Waals surface area contributed by atoms with Gasteiger partial charge in [0.05, 0.1) is 4.90 Å². The summed E-state index contributed by atoms with van der Waals surface area (Å²) in [5.41, 5.74) is 6.48. The highest BCUT2D eigenvalue weighted by Crippen LogP contribution is 2.28. The monoisotopic (exact) mass is 346 g/mol. The molecule has 0 aromatic heterocycles.